The predicted octanol–water partition coefficient (Wildman–Crippen LogP) is 4.16. The van der Waals surface area contributed by atoms with E-state index in [4.69, 9.17) is 11.6 Å². The molecule has 1 N–H and O–H groups in total. The number of pyridine rings is 1. The van der Waals surface area contributed by atoms with Gasteiger partial charge in [-0.3, -0.25) is 4.98 Å². The van der Waals surface area contributed by atoms with Gasteiger partial charge in [0.2, 0.25) is 0 Å². The number of nitrogens with zero attached hydrogens (tertiary/aromatic N) is 1. The summed E-state index contributed by atoms with van der Waals surface area (Å²) in [5.74, 6) is -0.268. The molecule has 0 bridgehead atoms. The van der Waals surface area contributed by atoms with Gasteiger partial charge in [0.25, 0.3) is 0 Å². The van der Waals surface area contributed by atoms with Crippen LogP contribution in [-0.2, 0) is 6.42 Å². The van der Waals surface area contributed by atoms with E-state index in [0.29, 0.717) is 10.6 Å². The molecule has 0 amide bonds. The fraction of sp³-hybridized carbons (Fsp3) is 0.312. The molecule has 1 atom stereocenters. The molecule has 0 saturated carbocycles. The summed E-state index contributed by atoms with van der Waals surface area (Å²) in [5.41, 5.74) is 1.78. The molecule has 0 aliphatic rings. The number of aromatic nitrogens is 1. The van der Waals surface area contributed by atoms with E-state index in [2.05, 4.69) is 17.2 Å². The van der Waals surface area contributed by atoms with Crippen molar-refractivity contribution >= 4 is 11.6 Å². The normalized spacial score (nSPS) is 12.3. The van der Waals surface area contributed by atoms with E-state index in [1.807, 2.05) is 24.3 Å². The van der Waals surface area contributed by atoms with Gasteiger partial charge in [-0.15, -0.1) is 0 Å². The van der Waals surface area contributed by atoms with Crippen LogP contribution in [0.25, 0.3) is 0 Å². The maximum Gasteiger partial charge on any atom is 0.146 e. The molecule has 20 heavy (non-hydrogen) atoms. The minimum Gasteiger partial charge on any atom is -0.310 e. The Hall–Kier alpha value is -1.45. The molecule has 0 fully saturated rings. The molecular formula is C16H18ClFN2. The number of hydrogen-bond acceptors (Lipinski definition) is 2. The number of benzene rings is 1. The molecule has 1 unspecified atom stereocenters. The molecule has 0 spiro atoms. The van der Waals surface area contributed by atoms with Gasteiger partial charge in [0.1, 0.15) is 5.82 Å². The molecule has 0 saturated heterocycles. The van der Waals surface area contributed by atoms with Crippen molar-refractivity contribution in [1.29, 1.82) is 0 Å². The Kier molecular flexibility index (Phi) is 5.50. The summed E-state index contributed by atoms with van der Waals surface area (Å²) in [5, 5.41) is 4.10. The fourth-order valence-corrected chi connectivity index (χ4v) is 2.26. The van der Waals surface area contributed by atoms with Crippen LogP contribution in [0.15, 0.2) is 42.7 Å². The second kappa shape index (κ2) is 7.36. The molecule has 1 aromatic carbocycles. The van der Waals surface area contributed by atoms with Gasteiger partial charge in [-0.2, -0.15) is 0 Å². The zero-order chi connectivity index (χ0) is 14.4. The van der Waals surface area contributed by atoms with Crippen molar-refractivity contribution in [3.63, 3.8) is 0 Å². The maximum absolute atomic E-state index is 13.9. The highest BCUT2D eigenvalue weighted by atomic mass is 35.5. The third-order valence-corrected chi connectivity index (χ3v) is 3.43. The zero-order valence-corrected chi connectivity index (χ0v) is 12.2. The highest BCUT2D eigenvalue weighted by Gasteiger charge is 2.15. The average molecular weight is 293 g/mol. The lowest BCUT2D eigenvalue weighted by Gasteiger charge is -2.19. The summed E-state index contributed by atoms with van der Waals surface area (Å²) in [6.45, 7) is 2.94. The lowest BCUT2D eigenvalue weighted by atomic mass is 9.99. The van der Waals surface area contributed by atoms with Crippen LogP contribution in [-0.4, -0.2) is 11.5 Å². The highest BCUT2D eigenvalue weighted by molar-refractivity contribution is 6.30. The summed E-state index contributed by atoms with van der Waals surface area (Å²) in [6.07, 6.45) is 4.61. The van der Waals surface area contributed by atoms with Crippen LogP contribution in [0.1, 0.15) is 30.5 Å². The lowest BCUT2D eigenvalue weighted by Crippen LogP contribution is -2.25. The SMILES string of the molecule is CCCNC(Cc1ccc(Cl)cc1)c1ccncc1F. The first-order valence-corrected chi connectivity index (χ1v) is 7.15. The number of halogens is 2. The lowest BCUT2D eigenvalue weighted by molar-refractivity contribution is 0.495. The van der Waals surface area contributed by atoms with E-state index < -0.39 is 0 Å². The summed E-state index contributed by atoms with van der Waals surface area (Å²) >= 11 is 5.89. The Morgan fingerprint density at radius 1 is 1.25 bits per heavy atom. The Balaban J connectivity index is 2.19. The third-order valence-electron chi connectivity index (χ3n) is 3.17. The minimum atomic E-state index is -0.268. The van der Waals surface area contributed by atoms with Crippen LogP contribution >= 0.6 is 11.6 Å². The molecule has 2 nitrogen and oxygen atoms in total. The van der Waals surface area contributed by atoms with Gasteiger partial charge in [-0.25, -0.2) is 4.39 Å². The van der Waals surface area contributed by atoms with E-state index in [1.54, 1.807) is 12.3 Å². The average Bonchev–Trinajstić information content (AvgIpc) is 2.46. The summed E-state index contributed by atoms with van der Waals surface area (Å²) < 4.78 is 13.9. The number of nitrogens with one attached hydrogen (secondary N) is 1. The van der Waals surface area contributed by atoms with Crippen LogP contribution < -0.4 is 5.32 Å². The fourth-order valence-electron chi connectivity index (χ4n) is 2.14. The van der Waals surface area contributed by atoms with E-state index in [-0.39, 0.29) is 11.9 Å². The smallest absolute Gasteiger partial charge is 0.146 e. The van der Waals surface area contributed by atoms with Crippen molar-refractivity contribution in [3.05, 3.63) is 64.7 Å². The molecule has 106 valence electrons. The molecule has 1 heterocycles. The van der Waals surface area contributed by atoms with Crippen LogP contribution in [0.4, 0.5) is 4.39 Å². The summed E-state index contributed by atoms with van der Waals surface area (Å²) in [7, 11) is 0. The standard InChI is InChI=1S/C16H18ClFN2/c1-2-8-20-16(14-7-9-19-11-15(14)18)10-12-3-5-13(17)6-4-12/h3-7,9,11,16,20H,2,8,10H2,1H3. The predicted molar refractivity (Wildman–Crippen MR) is 80.4 cm³/mol. The number of hydrogen-bond donors (Lipinski definition) is 1. The molecule has 2 rings (SSSR count). The third kappa shape index (κ3) is 4.02. The first-order chi connectivity index (χ1) is 9.70. The van der Waals surface area contributed by atoms with Gasteiger partial charge in [-0.05, 0) is 43.1 Å². The van der Waals surface area contributed by atoms with Crippen molar-refractivity contribution < 1.29 is 4.39 Å². The van der Waals surface area contributed by atoms with Gasteiger partial charge in [0.15, 0.2) is 0 Å². The van der Waals surface area contributed by atoms with Crippen LogP contribution in [0, 0.1) is 5.82 Å². The molecular weight excluding hydrogens is 275 g/mol. The summed E-state index contributed by atoms with van der Waals surface area (Å²) in [6, 6.07) is 9.34. The monoisotopic (exact) mass is 292 g/mol. The maximum atomic E-state index is 13.9. The molecule has 4 heteroatoms. The Labute approximate surface area is 124 Å². The van der Waals surface area contributed by atoms with Crippen LogP contribution in [0.3, 0.4) is 0 Å². The second-order valence-corrected chi connectivity index (χ2v) is 5.17. The van der Waals surface area contributed by atoms with Gasteiger partial charge in [0, 0.05) is 22.8 Å². The summed E-state index contributed by atoms with van der Waals surface area (Å²) in [4.78, 5) is 3.81. The van der Waals surface area contributed by atoms with Gasteiger partial charge in [0.05, 0.1) is 6.20 Å². The minimum absolute atomic E-state index is 0.0564. The quantitative estimate of drug-likeness (QED) is 0.865. The first-order valence-electron chi connectivity index (χ1n) is 6.78. The molecule has 1 aromatic heterocycles. The Morgan fingerprint density at radius 3 is 2.65 bits per heavy atom. The van der Waals surface area contributed by atoms with Crippen molar-refractivity contribution in [3.8, 4) is 0 Å². The molecule has 0 aliphatic heterocycles. The van der Waals surface area contributed by atoms with Crippen molar-refractivity contribution in [2.24, 2.45) is 0 Å². The molecule has 0 aliphatic carbocycles. The van der Waals surface area contributed by atoms with E-state index in [1.165, 1.54) is 6.20 Å². The van der Waals surface area contributed by atoms with E-state index in [0.717, 1.165) is 24.9 Å². The first kappa shape index (κ1) is 14.9. The van der Waals surface area contributed by atoms with Gasteiger partial charge < -0.3 is 5.32 Å². The highest BCUT2D eigenvalue weighted by Crippen LogP contribution is 2.21. The topological polar surface area (TPSA) is 24.9 Å². The van der Waals surface area contributed by atoms with E-state index in [9.17, 15) is 4.39 Å². The van der Waals surface area contributed by atoms with Crippen LogP contribution in [0.5, 0.6) is 0 Å². The second-order valence-electron chi connectivity index (χ2n) is 4.73. The Bertz CT molecular complexity index is 542. The zero-order valence-electron chi connectivity index (χ0n) is 11.4. The van der Waals surface area contributed by atoms with Gasteiger partial charge >= 0.3 is 0 Å². The molecule has 0 radical (unpaired) electrons. The van der Waals surface area contributed by atoms with Crippen molar-refractivity contribution in [2.45, 2.75) is 25.8 Å². The van der Waals surface area contributed by atoms with Gasteiger partial charge in [-0.1, -0.05) is 30.7 Å². The largest absolute Gasteiger partial charge is 0.310 e. The van der Waals surface area contributed by atoms with Crippen molar-refractivity contribution in [1.82, 2.24) is 10.3 Å². The molecule has 2 aromatic rings. The van der Waals surface area contributed by atoms with Crippen LogP contribution in [0.2, 0.25) is 5.02 Å². The van der Waals surface area contributed by atoms with Crippen molar-refractivity contribution in [2.75, 3.05) is 6.54 Å². The van der Waals surface area contributed by atoms with E-state index >= 15 is 0 Å². The Morgan fingerprint density at radius 2 is 2.00 bits per heavy atom. The number of rotatable bonds is 6.